The van der Waals surface area contributed by atoms with Crippen LogP contribution in [-0.2, 0) is 0 Å². The number of rotatable bonds is 1. The van der Waals surface area contributed by atoms with Crippen LogP contribution in [0.2, 0.25) is 0 Å². The second-order valence-electron chi connectivity index (χ2n) is 11.1. The minimum absolute atomic E-state index is 0. The Morgan fingerprint density at radius 1 is 0.514 bits per heavy atom. The second-order valence-corrected chi connectivity index (χ2v) is 11.1. The molecular weight excluding hydrogens is 420 g/mol. The average molecular weight is 483 g/mol. The van der Waals surface area contributed by atoms with E-state index in [0.717, 1.165) is 29.6 Å². The lowest BCUT2D eigenvalue weighted by Crippen LogP contribution is -2.19. The van der Waals surface area contributed by atoms with Crippen molar-refractivity contribution in [1.82, 2.24) is 0 Å². The van der Waals surface area contributed by atoms with E-state index < -0.39 is 0 Å². The molecule has 0 amide bonds. The summed E-state index contributed by atoms with van der Waals surface area (Å²) in [5.41, 5.74) is 7.17. The Hall–Kier alpha value is -1.56. The van der Waals surface area contributed by atoms with Crippen molar-refractivity contribution in [2.75, 3.05) is 0 Å². The zero-order valence-electron chi connectivity index (χ0n) is 22.4. The number of hydrogen-bond acceptors (Lipinski definition) is 0. The third-order valence-corrected chi connectivity index (χ3v) is 8.57. The molecule has 2 saturated carbocycles. The molecule has 202 valence electrons. The van der Waals surface area contributed by atoms with E-state index in [4.69, 9.17) is 0 Å². The minimum atomic E-state index is 0. The summed E-state index contributed by atoms with van der Waals surface area (Å²) in [6.45, 7) is 18.2. The smallest absolute Gasteiger partial charge is 0.0159 e. The summed E-state index contributed by atoms with van der Waals surface area (Å²) in [7, 11) is 0. The fourth-order valence-electron chi connectivity index (χ4n) is 5.03. The zero-order valence-corrected chi connectivity index (χ0v) is 22.4. The van der Waals surface area contributed by atoms with Crippen LogP contribution in [0.15, 0.2) is 42.5 Å². The fraction of sp³-hybridized carbons (Fsp3) is 0.657. The van der Waals surface area contributed by atoms with Gasteiger partial charge in [-0.05, 0) is 104 Å². The van der Waals surface area contributed by atoms with Crippen LogP contribution in [0.4, 0.5) is 0 Å². The molecular formula is C35H62. The van der Waals surface area contributed by atoms with E-state index in [0.29, 0.717) is 0 Å². The first-order valence-electron chi connectivity index (χ1n) is 13.3. The average Bonchev–Trinajstić information content (AvgIpc) is 2.77. The third-order valence-electron chi connectivity index (χ3n) is 8.57. The Morgan fingerprint density at radius 3 is 1.37 bits per heavy atom. The Kier molecular flexibility index (Phi) is 18.1. The molecule has 0 radical (unpaired) electrons. The second kappa shape index (κ2) is 17.8. The van der Waals surface area contributed by atoms with Crippen LogP contribution in [0.5, 0.6) is 0 Å². The van der Waals surface area contributed by atoms with E-state index in [1.165, 1.54) is 67.2 Å². The zero-order chi connectivity index (χ0) is 23.7. The van der Waals surface area contributed by atoms with Gasteiger partial charge in [0.05, 0.1) is 0 Å². The monoisotopic (exact) mass is 482 g/mol. The van der Waals surface area contributed by atoms with Crippen molar-refractivity contribution in [3.63, 3.8) is 0 Å². The molecule has 5 unspecified atom stereocenters. The molecule has 2 aliphatic carbocycles. The van der Waals surface area contributed by atoms with Gasteiger partial charge in [0.25, 0.3) is 0 Å². The van der Waals surface area contributed by atoms with Gasteiger partial charge in [0.1, 0.15) is 0 Å². The molecule has 2 fully saturated rings. The molecule has 0 nitrogen and oxygen atoms in total. The predicted octanol–water partition coefficient (Wildman–Crippen LogP) is 11.9. The van der Waals surface area contributed by atoms with Gasteiger partial charge in [-0.15, -0.1) is 0 Å². The van der Waals surface area contributed by atoms with Gasteiger partial charge < -0.3 is 0 Å². The number of benzene rings is 2. The Morgan fingerprint density at radius 2 is 0.971 bits per heavy atom. The summed E-state index contributed by atoms with van der Waals surface area (Å²) in [5.74, 6) is 4.63. The van der Waals surface area contributed by atoms with Gasteiger partial charge in [0, 0.05) is 0 Å². The Balaban J connectivity index is 0. The maximum absolute atomic E-state index is 2.41. The fourth-order valence-corrected chi connectivity index (χ4v) is 5.03. The van der Waals surface area contributed by atoms with E-state index >= 15 is 0 Å². The van der Waals surface area contributed by atoms with Gasteiger partial charge in [-0.3, -0.25) is 0 Å². The van der Waals surface area contributed by atoms with Gasteiger partial charge in [0.15, 0.2) is 0 Å². The quantitative estimate of drug-likeness (QED) is 0.379. The van der Waals surface area contributed by atoms with Crippen LogP contribution in [0.25, 0.3) is 0 Å². The van der Waals surface area contributed by atoms with Crippen LogP contribution in [0.1, 0.15) is 129 Å². The van der Waals surface area contributed by atoms with E-state index in [9.17, 15) is 0 Å². The summed E-state index contributed by atoms with van der Waals surface area (Å²) in [4.78, 5) is 0. The summed E-state index contributed by atoms with van der Waals surface area (Å²) in [6.07, 6.45) is 10.1. The van der Waals surface area contributed by atoms with E-state index in [2.05, 4.69) is 97.9 Å². The maximum Gasteiger partial charge on any atom is -0.0159 e. The van der Waals surface area contributed by atoms with Crippen LogP contribution < -0.4 is 0 Å². The van der Waals surface area contributed by atoms with Crippen molar-refractivity contribution in [1.29, 1.82) is 0 Å². The number of hydrogen-bond donors (Lipinski definition) is 0. The van der Waals surface area contributed by atoms with Crippen molar-refractivity contribution in [3.05, 3.63) is 70.3 Å². The molecule has 4 rings (SSSR count). The largest absolute Gasteiger partial charge is 0.0776 e. The lowest BCUT2D eigenvalue weighted by atomic mass is 9.73. The van der Waals surface area contributed by atoms with Crippen LogP contribution in [0, 0.1) is 51.4 Å². The first kappa shape index (κ1) is 35.6. The molecule has 2 aromatic rings. The minimum Gasteiger partial charge on any atom is -0.0776 e. The highest BCUT2D eigenvalue weighted by Crippen LogP contribution is 2.39. The molecule has 35 heavy (non-hydrogen) atoms. The SMILES string of the molecule is C.C.C.CC1CCCCC1C.Cc1ccc(C2CCC(C)C(C)C2)cc1C.Cc1ccccc1C. The molecule has 0 bridgehead atoms. The molecule has 2 aromatic carbocycles. The first-order valence-corrected chi connectivity index (χ1v) is 13.3. The molecule has 0 aromatic heterocycles. The maximum atomic E-state index is 2.41. The van der Waals surface area contributed by atoms with Crippen LogP contribution in [0.3, 0.4) is 0 Å². The standard InChI is InChI=1S/C16H24.C8H16.C8H10.3CH4/c1-11-5-7-15(9-13(11)3)16-8-6-12(2)14(4)10-16;2*1-7-5-3-4-6-8(7)2;;;/h5,7,9,12,14,16H,6,8,10H2,1-4H3;7-8H,3-6H2,1-2H3;3-6H,1-2H3;3*1H4. The normalized spacial score (nSPS) is 25.1. The lowest BCUT2D eigenvalue weighted by molar-refractivity contribution is 0.250. The molecule has 0 saturated heterocycles. The number of aryl methyl sites for hydroxylation is 4. The van der Waals surface area contributed by atoms with E-state index in [1.807, 2.05) is 0 Å². The highest BCUT2D eigenvalue weighted by atomic mass is 14.3. The molecule has 0 heterocycles. The van der Waals surface area contributed by atoms with Crippen molar-refractivity contribution >= 4 is 0 Å². The third kappa shape index (κ3) is 11.8. The molecule has 5 atom stereocenters. The van der Waals surface area contributed by atoms with Gasteiger partial charge in [-0.1, -0.05) is 118 Å². The first-order chi connectivity index (χ1) is 15.2. The van der Waals surface area contributed by atoms with Crippen molar-refractivity contribution < 1.29 is 0 Å². The summed E-state index contributed by atoms with van der Waals surface area (Å²) in [6, 6.07) is 15.4. The van der Waals surface area contributed by atoms with Crippen molar-refractivity contribution in [2.45, 2.75) is 129 Å². The molecule has 0 N–H and O–H groups in total. The van der Waals surface area contributed by atoms with Gasteiger partial charge in [-0.2, -0.15) is 0 Å². The van der Waals surface area contributed by atoms with Crippen LogP contribution in [-0.4, -0.2) is 0 Å². The highest BCUT2D eigenvalue weighted by Gasteiger charge is 2.25. The molecule has 2 aliphatic rings. The summed E-state index contributed by atoms with van der Waals surface area (Å²) < 4.78 is 0. The highest BCUT2D eigenvalue weighted by molar-refractivity contribution is 5.32. The molecule has 0 aliphatic heterocycles. The van der Waals surface area contributed by atoms with Crippen molar-refractivity contribution in [3.8, 4) is 0 Å². The molecule has 0 spiro atoms. The van der Waals surface area contributed by atoms with E-state index in [1.54, 1.807) is 5.56 Å². The predicted molar refractivity (Wildman–Crippen MR) is 164 cm³/mol. The van der Waals surface area contributed by atoms with Gasteiger partial charge in [0.2, 0.25) is 0 Å². The lowest BCUT2D eigenvalue weighted by Gasteiger charge is -2.32. The van der Waals surface area contributed by atoms with Crippen molar-refractivity contribution in [2.24, 2.45) is 23.7 Å². The Bertz CT molecular complexity index is 770. The summed E-state index contributed by atoms with van der Waals surface area (Å²) in [5, 5.41) is 0. The topological polar surface area (TPSA) is 0 Å². The van der Waals surface area contributed by atoms with Gasteiger partial charge in [-0.25, -0.2) is 0 Å². The van der Waals surface area contributed by atoms with E-state index in [-0.39, 0.29) is 22.3 Å². The Labute approximate surface area is 222 Å². The summed E-state index contributed by atoms with van der Waals surface area (Å²) >= 11 is 0. The van der Waals surface area contributed by atoms with Crippen LogP contribution >= 0.6 is 0 Å². The van der Waals surface area contributed by atoms with Gasteiger partial charge >= 0.3 is 0 Å². The molecule has 0 heteroatoms.